The fourth-order valence-corrected chi connectivity index (χ4v) is 2.65. The molecule has 0 atom stereocenters. The summed E-state index contributed by atoms with van der Waals surface area (Å²) in [7, 11) is 0. The molecule has 0 radical (unpaired) electrons. The van der Waals surface area contributed by atoms with E-state index in [0.29, 0.717) is 25.4 Å². The molecule has 1 aliphatic heterocycles. The SMILES string of the molecule is C=C(F)/C=C(\COc1cccc(C2=CCN(C(=O)OC(C)(C)C)CC2)n1)C(C)=O. The van der Waals surface area contributed by atoms with Crippen molar-refractivity contribution in [2.45, 2.75) is 39.7 Å². The average Bonchev–Trinajstić information content (AvgIpc) is 2.63. The number of carbonyl (C=O) groups is 2. The van der Waals surface area contributed by atoms with Crippen LogP contribution in [0.4, 0.5) is 9.18 Å². The fraction of sp³-hybridized carbons (Fsp3) is 0.409. The van der Waals surface area contributed by atoms with Gasteiger partial charge < -0.3 is 14.4 Å². The number of ketones is 1. The molecule has 1 aromatic rings. The maximum Gasteiger partial charge on any atom is 0.410 e. The molecule has 0 fully saturated rings. The minimum Gasteiger partial charge on any atom is -0.473 e. The van der Waals surface area contributed by atoms with E-state index in [1.54, 1.807) is 17.0 Å². The number of rotatable bonds is 6. The van der Waals surface area contributed by atoms with Crippen LogP contribution in [0.25, 0.3) is 5.57 Å². The lowest BCUT2D eigenvalue weighted by Crippen LogP contribution is -2.39. The summed E-state index contributed by atoms with van der Waals surface area (Å²) in [5.41, 5.74) is 1.37. The van der Waals surface area contributed by atoms with Crippen LogP contribution in [0.5, 0.6) is 5.88 Å². The predicted octanol–water partition coefficient (Wildman–Crippen LogP) is 4.48. The Hall–Kier alpha value is -2.96. The number of allylic oxidation sites excluding steroid dienone is 2. The van der Waals surface area contributed by atoms with Crippen molar-refractivity contribution < 1.29 is 23.5 Å². The van der Waals surface area contributed by atoms with Gasteiger partial charge in [0.2, 0.25) is 5.88 Å². The van der Waals surface area contributed by atoms with E-state index in [-0.39, 0.29) is 24.1 Å². The van der Waals surface area contributed by atoms with Crippen molar-refractivity contribution in [3.8, 4) is 5.88 Å². The second kappa shape index (κ2) is 9.49. The van der Waals surface area contributed by atoms with E-state index in [4.69, 9.17) is 9.47 Å². The number of carbonyl (C=O) groups excluding carboxylic acids is 2. The highest BCUT2D eigenvalue weighted by molar-refractivity contribution is 5.93. The summed E-state index contributed by atoms with van der Waals surface area (Å²) >= 11 is 0. The average molecular weight is 402 g/mol. The van der Waals surface area contributed by atoms with Gasteiger partial charge in [-0.15, -0.1) is 0 Å². The van der Waals surface area contributed by atoms with Gasteiger partial charge in [0.25, 0.3) is 0 Å². The van der Waals surface area contributed by atoms with Crippen LogP contribution < -0.4 is 4.74 Å². The summed E-state index contributed by atoms with van der Waals surface area (Å²) in [6.45, 7) is 10.8. The molecule has 0 N–H and O–H groups in total. The summed E-state index contributed by atoms with van der Waals surface area (Å²) in [5, 5.41) is 0. The van der Waals surface area contributed by atoms with Gasteiger partial charge in [-0.2, -0.15) is 0 Å². The van der Waals surface area contributed by atoms with Crippen molar-refractivity contribution in [2.24, 2.45) is 0 Å². The molecular formula is C22H27FN2O4. The third kappa shape index (κ3) is 7.18. The Kier molecular flexibility index (Phi) is 7.31. The number of aromatic nitrogens is 1. The van der Waals surface area contributed by atoms with E-state index in [1.807, 2.05) is 32.9 Å². The summed E-state index contributed by atoms with van der Waals surface area (Å²) in [6, 6.07) is 5.32. The largest absolute Gasteiger partial charge is 0.473 e. The number of hydrogen-bond acceptors (Lipinski definition) is 5. The Balaban J connectivity index is 2.03. The number of halogens is 1. The molecule has 156 valence electrons. The van der Waals surface area contributed by atoms with E-state index in [1.165, 1.54) is 6.92 Å². The van der Waals surface area contributed by atoms with Crippen molar-refractivity contribution in [1.29, 1.82) is 0 Å². The predicted molar refractivity (Wildman–Crippen MR) is 109 cm³/mol. The fourth-order valence-electron chi connectivity index (χ4n) is 2.65. The molecule has 1 aliphatic rings. The Bertz CT molecular complexity index is 853. The van der Waals surface area contributed by atoms with Gasteiger partial charge in [-0.25, -0.2) is 14.2 Å². The molecule has 0 bridgehead atoms. The van der Waals surface area contributed by atoms with Crippen LogP contribution in [-0.2, 0) is 9.53 Å². The van der Waals surface area contributed by atoms with Crippen LogP contribution in [-0.4, -0.2) is 47.1 Å². The van der Waals surface area contributed by atoms with Gasteiger partial charge in [0.1, 0.15) is 18.0 Å². The van der Waals surface area contributed by atoms with E-state index in [0.717, 1.165) is 17.3 Å². The topological polar surface area (TPSA) is 68.7 Å². The molecule has 0 spiro atoms. The highest BCUT2D eigenvalue weighted by Gasteiger charge is 2.24. The Morgan fingerprint density at radius 3 is 2.62 bits per heavy atom. The smallest absolute Gasteiger partial charge is 0.410 e. The van der Waals surface area contributed by atoms with Gasteiger partial charge >= 0.3 is 6.09 Å². The highest BCUT2D eigenvalue weighted by atomic mass is 19.1. The van der Waals surface area contributed by atoms with Gasteiger partial charge in [-0.3, -0.25) is 4.79 Å². The molecule has 1 amide bonds. The van der Waals surface area contributed by atoms with Crippen molar-refractivity contribution >= 4 is 17.4 Å². The quantitative estimate of drug-likeness (QED) is 0.518. The summed E-state index contributed by atoms with van der Waals surface area (Å²) in [5.74, 6) is -0.672. The summed E-state index contributed by atoms with van der Waals surface area (Å²) in [6.07, 6.45) is 3.29. The number of pyridine rings is 1. The molecule has 7 heteroatoms. The lowest BCUT2D eigenvalue weighted by molar-refractivity contribution is -0.113. The molecule has 0 saturated heterocycles. The molecule has 1 aromatic heterocycles. The number of ether oxygens (including phenoxy) is 2. The minimum atomic E-state index is -0.706. The summed E-state index contributed by atoms with van der Waals surface area (Å²) < 4.78 is 23.9. The van der Waals surface area contributed by atoms with Crippen LogP contribution in [0.3, 0.4) is 0 Å². The number of nitrogens with zero attached hydrogens (tertiary/aromatic N) is 2. The van der Waals surface area contributed by atoms with Crippen molar-refractivity contribution in [3.63, 3.8) is 0 Å². The third-order valence-corrected chi connectivity index (χ3v) is 4.07. The second-order valence-electron chi connectivity index (χ2n) is 7.73. The third-order valence-electron chi connectivity index (χ3n) is 4.07. The van der Waals surface area contributed by atoms with Gasteiger partial charge in [-0.05, 0) is 51.8 Å². The molecular weight excluding hydrogens is 375 g/mol. The van der Waals surface area contributed by atoms with Crippen LogP contribution >= 0.6 is 0 Å². The monoisotopic (exact) mass is 402 g/mol. The molecule has 29 heavy (non-hydrogen) atoms. The van der Waals surface area contributed by atoms with E-state index >= 15 is 0 Å². The zero-order valence-electron chi connectivity index (χ0n) is 17.3. The van der Waals surface area contributed by atoms with Gasteiger partial charge in [-0.1, -0.05) is 18.7 Å². The van der Waals surface area contributed by atoms with E-state index in [9.17, 15) is 14.0 Å². The molecule has 0 aliphatic carbocycles. The van der Waals surface area contributed by atoms with Gasteiger partial charge in [0.15, 0.2) is 5.78 Å². The number of amides is 1. The van der Waals surface area contributed by atoms with E-state index < -0.39 is 11.4 Å². The van der Waals surface area contributed by atoms with Crippen LogP contribution in [0.2, 0.25) is 0 Å². The lowest BCUT2D eigenvalue weighted by Gasteiger charge is -2.29. The standard InChI is InChI=1S/C22H27FN2O4/c1-15(23)13-18(16(2)26)14-28-20-8-6-7-19(24-20)17-9-11-25(12-10-17)21(27)29-22(3,4)5/h6-9,13H,1,10-12,14H2,2-5H3/b18-13+. The maximum absolute atomic E-state index is 13.0. The first kappa shape index (κ1) is 22.3. The Labute approximate surface area is 170 Å². The maximum atomic E-state index is 13.0. The van der Waals surface area contributed by atoms with Crippen LogP contribution in [0.15, 0.2) is 48.3 Å². The number of Topliss-reactive ketones (excluding diaryl/α,β-unsaturated/α-hetero) is 1. The highest BCUT2D eigenvalue weighted by Crippen LogP contribution is 2.24. The first-order chi connectivity index (χ1) is 13.5. The molecule has 0 saturated carbocycles. The van der Waals surface area contributed by atoms with Gasteiger partial charge in [0.05, 0.1) is 5.69 Å². The lowest BCUT2D eigenvalue weighted by atomic mass is 10.0. The zero-order valence-corrected chi connectivity index (χ0v) is 17.3. The van der Waals surface area contributed by atoms with Crippen molar-refractivity contribution in [2.75, 3.05) is 19.7 Å². The molecule has 2 rings (SSSR count). The molecule has 0 aromatic carbocycles. The van der Waals surface area contributed by atoms with E-state index in [2.05, 4.69) is 11.6 Å². The van der Waals surface area contributed by atoms with Crippen molar-refractivity contribution in [3.05, 3.63) is 54.0 Å². The van der Waals surface area contributed by atoms with Crippen LogP contribution in [0.1, 0.15) is 39.8 Å². The normalized spacial score (nSPS) is 14.9. The summed E-state index contributed by atoms with van der Waals surface area (Å²) in [4.78, 5) is 29.8. The second-order valence-corrected chi connectivity index (χ2v) is 7.73. The molecule has 0 unspecified atom stereocenters. The first-order valence-corrected chi connectivity index (χ1v) is 9.38. The Morgan fingerprint density at radius 2 is 2.07 bits per heavy atom. The molecule has 2 heterocycles. The Morgan fingerprint density at radius 1 is 1.34 bits per heavy atom. The first-order valence-electron chi connectivity index (χ1n) is 9.38. The number of hydrogen-bond donors (Lipinski definition) is 0. The van der Waals surface area contributed by atoms with Crippen molar-refractivity contribution in [1.82, 2.24) is 9.88 Å². The van der Waals surface area contributed by atoms with Crippen LogP contribution in [0, 0.1) is 0 Å². The zero-order chi connectivity index (χ0) is 21.6. The van der Waals surface area contributed by atoms with Gasteiger partial charge in [0, 0.05) is 24.7 Å². The minimum absolute atomic E-state index is 0.0970. The molecule has 6 nitrogen and oxygen atoms in total.